The van der Waals surface area contributed by atoms with Crippen molar-refractivity contribution in [3.63, 3.8) is 0 Å². The van der Waals surface area contributed by atoms with E-state index in [1.807, 2.05) is 0 Å². The number of ether oxygens (including phenoxy) is 5. The van der Waals surface area contributed by atoms with Gasteiger partial charge in [-0.1, -0.05) is 0 Å². The van der Waals surface area contributed by atoms with Crippen molar-refractivity contribution in [2.24, 2.45) is 0 Å². The highest BCUT2D eigenvalue weighted by Crippen LogP contribution is 2.48. The molecule has 1 N–H and O–H groups in total. The molecule has 0 bridgehead atoms. The lowest BCUT2D eigenvalue weighted by Crippen LogP contribution is -2.21. The molecule has 0 saturated heterocycles. The first-order valence-electron chi connectivity index (χ1n) is 8.69. The molecule has 0 radical (unpaired) electrons. The number of carbonyl (C=O) groups is 5. The zero-order valence-electron chi connectivity index (χ0n) is 17.4. The Morgan fingerprint density at radius 2 is 1.12 bits per heavy atom. The van der Waals surface area contributed by atoms with E-state index in [2.05, 4.69) is 9.71 Å². The van der Waals surface area contributed by atoms with Crippen LogP contribution in [0.25, 0.3) is 10.9 Å². The van der Waals surface area contributed by atoms with E-state index in [1.165, 1.54) is 0 Å². The zero-order valence-corrected chi connectivity index (χ0v) is 18.3. The third-order valence-electron chi connectivity index (χ3n) is 4.58. The molecule has 1 aliphatic rings. The minimum Gasteiger partial charge on any atom is -0.465 e. The molecule has 0 unspecified atom stereocenters. The second kappa shape index (κ2) is 8.70. The monoisotopic (exact) mass is 464 g/mol. The van der Waals surface area contributed by atoms with Gasteiger partial charge in [0.05, 0.1) is 62.8 Å². The number of anilines is 1. The number of carbonyl (C=O) groups excluding carboxylic acids is 5. The van der Waals surface area contributed by atoms with E-state index in [4.69, 9.17) is 23.7 Å². The molecule has 0 aliphatic carbocycles. The zero-order chi connectivity index (χ0) is 23.7. The van der Waals surface area contributed by atoms with E-state index in [-0.39, 0.29) is 32.6 Å². The van der Waals surface area contributed by atoms with Crippen molar-refractivity contribution < 1.29 is 47.7 Å². The molecule has 2 heterocycles. The van der Waals surface area contributed by atoms with E-state index >= 15 is 0 Å². The number of nitrogens with one attached hydrogen (secondary N) is 1. The summed E-state index contributed by atoms with van der Waals surface area (Å²) in [6, 6.07) is 0. The lowest BCUT2D eigenvalue weighted by molar-refractivity contribution is 0.0534. The predicted octanol–water partition coefficient (Wildman–Crippen LogP) is 1.60. The number of esters is 5. The highest BCUT2D eigenvalue weighted by atomic mass is 32.2. The number of nitrogens with zero attached hydrogens (tertiary/aromatic N) is 1. The van der Waals surface area contributed by atoms with Crippen LogP contribution in [-0.4, -0.2) is 70.4 Å². The van der Waals surface area contributed by atoms with Gasteiger partial charge in [0.1, 0.15) is 11.1 Å². The van der Waals surface area contributed by atoms with Gasteiger partial charge in [0.25, 0.3) is 0 Å². The Hall–Kier alpha value is -3.87. The van der Waals surface area contributed by atoms with Gasteiger partial charge in [-0.2, -0.15) is 0 Å². The standard InChI is InChI=1S/C19H16N2O10S/c1-27-15(22)6-7(16(23)28-2)11-9-12(21-32-14(9)8(6)17(24)29-3)10(18(25)30-4)13(20-11)19(26)31-5/h21H,1-5H3. The maximum Gasteiger partial charge on any atom is 0.357 e. The van der Waals surface area contributed by atoms with Crippen molar-refractivity contribution in [1.29, 1.82) is 0 Å². The molecule has 168 valence electrons. The van der Waals surface area contributed by atoms with Gasteiger partial charge >= 0.3 is 29.8 Å². The molecule has 13 heteroatoms. The minimum atomic E-state index is -1.04. The van der Waals surface area contributed by atoms with Gasteiger partial charge in [0.2, 0.25) is 0 Å². The van der Waals surface area contributed by atoms with Crippen molar-refractivity contribution in [1.82, 2.24) is 4.98 Å². The number of hydrogen-bond acceptors (Lipinski definition) is 13. The van der Waals surface area contributed by atoms with E-state index in [0.717, 1.165) is 47.5 Å². The van der Waals surface area contributed by atoms with Crippen LogP contribution in [0.5, 0.6) is 0 Å². The highest BCUT2D eigenvalue weighted by molar-refractivity contribution is 8.01. The Bertz CT molecular complexity index is 1200. The second-order valence-electron chi connectivity index (χ2n) is 6.05. The molecule has 32 heavy (non-hydrogen) atoms. The maximum absolute atomic E-state index is 12.7. The van der Waals surface area contributed by atoms with E-state index in [9.17, 15) is 24.0 Å². The lowest BCUT2D eigenvalue weighted by Gasteiger charge is -2.16. The summed E-state index contributed by atoms with van der Waals surface area (Å²) in [4.78, 5) is 67.3. The minimum absolute atomic E-state index is 0.0361. The number of pyridine rings is 1. The summed E-state index contributed by atoms with van der Waals surface area (Å²) in [7, 11) is 5.37. The van der Waals surface area contributed by atoms with Crippen molar-refractivity contribution in [3.05, 3.63) is 27.9 Å². The largest absolute Gasteiger partial charge is 0.465 e. The Labute approximate surface area is 184 Å². The average molecular weight is 464 g/mol. The highest BCUT2D eigenvalue weighted by Gasteiger charge is 2.40. The summed E-state index contributed by atoms with van der Waals surface area (Å²) >= 11 is 0.846. The third kappa shape index (κ3) is 3.26. The lowest BCUT2D eigenvalue weighted by atomic mass is 9.93. The van der Waals surface area contributed by atoms with Crippen LogP contribution in [0.1, 0.15) is 51.9 Å². The normalized spacial score (nSPS) is 11.4. The fourth-order valence-electron chi connectivity index (χ4n) is 3.22. The Balaban J connectivity index is 2.67. The number of methoxy groups -OCH3 is 5. The van der Waals surface area contributed by atoms with Crippen LogP contribution in [0.2, 0.25) is 0 Å². The summed E-state index contributed by atoms with van der Waals surface area (Å²) in [5, 5.41) is 0.108. The predicted molar refractivity (Wildman–Crippen MR) is 108 cm³/mol. The Morgan fingerprint density at radius 3 is 1.66 bits per heavy atom. The molecule has 2 aromatic rings. The number of benzene rings is 1. The topological polar surface area (TPSA) is 156 Å². The quantitative estimate of drug-likeness (QED) is 0.387. The van der Waals surface area contributed by atoms with Crippen LogP contribution in [0.4, 0.5) is 5.69 Å². The van der Waals surface area contributed by atoms with Gasteiger partial charge in [0, 0.05) is 5.39 Å². The summed E-state index contributed by atoms with van der Waals surface area (Å²) in [5.74, 6) is -4.97. The van der Waals surface area contributed by atoms with Gasteiger partial charge in [-0.05, 0) is 11.9 Å². The van der Waals surface area contributed by atoms with Crippen molar-refractivity contribution in [2.45, 2.75) is 4.90 Å². The van der Waals surface area contributed by atoms with Gasteiger partial charge in [-0.15, -0.1) is 0 Å². The number of hydrogen-bond donors (Lipinski definition) is 1. The second-order valence-corrected chi connectivity index (χ2v) is 6.87. The summed E-state index contributed by atoms with van der Waals surface area (Å²) in [6.45, 7) is 0. The molecule has 0 spiro atoms. The van der Waals surface area contributed by atoms with Gasteiger partial charge in [-0.25, -0.2) is 29.0 Å². The number of aromatic nitrogens is 1. The summed E-state index contributed by atoms with van der Waals surface area (Å²) < 4.78 is 26.7. The van der Waals surface area contributed by atoms with E-state index < -0.39 is 46.7 Å². The SMILES string of the molecule is COC(=O)c1nc2c(C(=O)OC)c(C(=O)OC)c(C(=O)OC)c3c2c(c1C(=O)OC)NS3. The van der Waals surface area contributed by atoms with Crippen LogP contribution < -0.4 is 4.72 Å². The molecular formula is C19H16N2O10S. The van der Waals surface area contributed by atoms with Crippen molar-refractivity contribution in [2.75, 3.05) is 40.3 Å². The van der Waals surface area contributed by atoms with Crippen LogP contribution in [0, 0.1) is 0 Å². The van der Waals surface area contributed by atoms with Crippen LogP contribution in [0.3, 0.4) is 0 Å². The molecule has 0 amide bonds. The van der Waals surface area contributed by atoms with Gasteiger partial charge in [0.15, 0.2) is 5.69 Å². The summed E-state index contributed by atoms with van der Waals surface area (Å²) in [5.41, 5.74) is -2.14. The molecule has 1 aliphatic heterocycles. The van der Waals surface area contributed by atoms with Crippen molar-refractivity contribution >= 4 is 58.4 Å². The van der Waals surface area contributed by atoms with Gasteiger partial charge < -0.3 is 28.4 Å². The van der Waals surface area contributed by atoms with E-state index in [0.29, 0.717) is 0 Å². The van der Waals surface area contributed by atoms with Crippen molar-refractivity contribution in [3.8, 4) is 0 Å². The molecule has 0 saturated carbocycles. The fraction of sp³-hybridized carbons (Fsp3) is 0.263. The first kappa shape index (κ1) is 22.8. The van der Waals surface area contributed by atoms with Crippen LogP contribution in [-0.2, 0) is 23.7 Å². The summed E-state index contributed by atoms with van der Waals surface area (Å²) in [6.07, 6.45) is 0. The number of rotatable bonds is 5. The average Bonchev–Trinajstić information content (AvgIpc) is 3.26. The van der Waals surface area contributed by atoms with Crippen LogP contribution in [0.15, 0.2) is 4.90 Å². The smallest absolute Gasteiger partial charge is 0.357 e. The first-order valence-corrected chi connectivity index (χ1v) is 9.50. The molecule has 0 fully saturated rings. The molecule has 1 aromatic heterocycles. The molecule has 3 rings (SSSR count). The van der Waals surface area contributed by atoms with E-state index in [1.54, 1.807) is 0 Å². The van der Waals surface area contributed by atoms with Crippen LogP contribution >= 0.6 is 11.9 Å². The molecule has 12 nitrogen and oxygen atoms in total. The van der Waals surface area contributed by atoms with Gasteiger partial charge in [-0.3, -0.25) is 0 Å². The maximum atomic E-state index is 12.7. The third-order valence-corrected chi connectivity index (χ3v) is 5.50. The Kier molecular flexibility index (Phi) is 6.20. The first-order chi connectivity index (χ1) is 15.3. The molecule has 1 aromatic carbocycles. The Morgan fingerprint density at radius 1 is 0.656 bits per heavy atom. The molecule has 0 atom stereocenters. The molecular weight excluding hydrogens is 448 g/mol. The fourth-order valence-corrected chi connectivity index (χ4v) is 4.22.